The van der Waals surface area contributed by atoms with Crippen LogP contribution in [0.1, 0.15) is 114 Å². The van der Waals surface area contributed by atoms with Crippen molar-refractivity contribution in [3.63, 3.8) is 0 Å². The van der Waals surface area contributed by atoms with Gasteiger partial charge in [-0.2, -0.15) is 0 Å². The number of halogens is 4. The number of hydrogen-bond donors (Lipinski definition) is 2. The Labute approximate surface area is 432 Å². The minimum Gasteiger partial charge on any atom is -0.494 e. The standard InChI is InChI=1S/2C31H38F2N2O.H2O/c2*1-31(2,3)25-7-15-29(16-8-25)36-22-4-19-35-20-17-24(18-21-35)30(23-5-9-26(32)10-6-23)34-28-13-11-27(33)12-14-28;/h2*5-16,24,30,34H,4,17-22H2,1-3H3;1H2. The highest BCUT2D eigenvalue weighted by Gasteiger charge is 2.29. The maximum absolute atomic E-state index is 13.6. The molecular formula is C62H78F4N4O3. The van der Waals surface area contributed by atoms with Crippen LogP contribution in [0.5, 0.6) is 11.5 Å². The lowest BCUT2D eigenvalue weighted by Crippen LogP contribution is -2.38. The molecule has 6 aromatic rings. The summed E-state index contributed by atoms with van der Waals surface area (Å²) in [6.07, 6.45) is 6.16. The van der Waals surface area contributed by atoms with Crippen LogP contribution in [0, 0.1) is 35.1 Å². The molecule has 0 bridgehead atoms. The lowest BCUT2D eigenvalue weighted by atomic mass is 9.85. The average Bonchev–Trinajstić information content (AvgIpc) is 3.37. The summed E-state index contributed by atoms with van der Waals surface area (Å²) in [6, 6.07) is 43.4. The molecule has 0 spiro atoms. The zero-order chi connectivity index (χ0) is 51.1. The molecule has 2 atom stereocenters. The van der Waals surface area contributed by atoms with Crippen LogP contribution in [0.3, 0.4) is 0 Å². The Hall–Kier alpha value is -5.88. The van der Waals surface area contributed by atoms with Crippen LogP contribution >= 0.6 is 0 Å². The summed E-state index contributed by atoms with van der Waals surface area (Å²) in [6.45, 7) is 20.8. The molecule has 0 amide bonds. The molecule has 0 aromatic heterocycles. The molecule has 6 aromatic carbocycles. The maximum atomic E-state index is 13.6. The molecule has 73 heavy (non-hydrogen) atoms. The molecule has 0 saturated carbocycles. The van der Waals surface area contributed by atoms with Gasteiger partial charge in [0.25, 0.3) is 0 Å². The molecule has 0 radical (unpaired) electrons. The lowest BCUT2D eigenvalue weighted by molar-refractivity contribution is 0.161. The van der Waals surface area contributed by atoms with Gasteiger partial charge < -0.3 is 35.4 Å². The van der Waals surface area contributed by atoms with Gasteiger partial charge in [0.1, 0.15) is 34.8 Å². The summed E-state index contributed by atoms with van der Waals surface area (Å²) in [7, 11) is 0. The molecule has 2 heterocycles. The molecular weight excluding hydrogens is 925 g/mol. The average molecular weight is 1000 g/mol. The van der Waals surface area contributed by atoms with E-state index in [9.17, 15) is 17.6 Å². The van der Waals surface area contributed by atoms with E-state index in [0.717, 1.165) is 112 Å². The van der Waals surface area contributed by atoms with Crippen molar-refractivity contribution < 1.29 is 32.5 Å². The first-order valence-electron chi connectivity index (χ1n) is 26.0. The van der Waals surface area contributed by atoms with Crippen molar-refractivity contribution in [1.29, 1.82) is 0 Å². The third kappa shape index (κ3) is 17.6. The lowest BCUT2D eigenvalue weighted by Gasteiger charge is -2.37. The SMILES string of the molecule is CC(C)(C)c1ccc(OCCCN2CCC(C(Nc3ccc(F)cc3)c3ccc(F)cc3)CC2)cc1.CC(C)(C)c1ccc(OCCCN2CCC(C(Nc3ccc(F)cc3)c3ccc(F)cc3)CC2)cc1.O. The van der Waals surface area contributed by atoms with Gasteiger partial charge in [-0.15, -0.1) is 0 Å². The molecule has 2 saturated heterocycles. The highest BCUT2D eigenvalue weighted by atomic mass is 19.1. The second kappa shape index (κ2) is 26.9. The van der Waals surface area contributed by atoms with Crippen LogP contribution in [-0.4, -0.2) is 67.8 Å². The van der Waals surface area contributed by atoms with E-state index in [-0.39, 0.29) is 51.7 Å². The fourth-order valence-corrected chi connectivity index (χ4v) is 9.82. The molecule has 0 aliphatic carbocycles. The predicted octanol–water partition coefficient (Wildman–Crippen LogP) is 14.4. The van der Waals surface area contributed by atoms with Crippen LogP contribution in [0.2, 0.25) is 0 Å². The topological polar surface area (TPSA) is 80.5 Å². The number of ether oxygens (including phenoxy) is 2. The molecule has 4 N–H and O–H groups in total. The van der Waals surface area contributed by atoms with Crippen LogP contribution in [0.25, 0.3) is 0 Å². The number of likely N-dealkylation sites (tertiary alicyclic amines) is 2. The largest absolute Gasteiger partial charge is 0.494 e. The number of rotatable bonds is 18. The second-order valence-corrected chi connectivity index (χ2v) is 21.7. The number of nitrogens with zero attached hydrogens (tertiary/aromatic N) is 2. The normalized spacial score (nSPS) is 15.8. The fourth-order valence-electron chi connectivity index (χ4n) is 9.82. The molecule has 2 aliphatic heterocycles. The van der Waals surface area contributed by atoms with Crippen molar-refractivity contribution in [2.24, 2.45) is 11.8 Å². The van der Waals surface area contributed by atoms with E-state index >= 15 is 0 Å². The Morgan fingerprint density at radius 2 is 0.726 bits per heavy atom. The molecule has 2 unspecified atom stereocenters. The minimum atomic E-state index is -0.252. The van der Waals surface area contributed by atoms with Gasteiger partial charge in [0, 0.05) is 24.5 Å². The number of hydrogen-bond acceptors (Lipinski definition) is 6. The van der Waals surface area contributed by atoms with Crippen molar-refractivity contribution in [2.45, 2.75) is 103 Å². The minimum absolute atomic E-state index is 0. The summed E-state index contributed by atoms with van der Waals surface area (Å²) in [5.41, 5.74) is 6.79. The summed E-state index contributed by atoms with van der Waals surface area (Å²) < 4.78 is 65.8. The highest BCUT2D eigenvalue weighted by molar-refractivity contribution is 5.47. The smallest absolute Gasteiger partial charge is 0.123 e. The summed E-state index contributed by atoms with van der Waals surface area (Å²) in [5, 5.41) is 7.16. The number of piperidine rings is 2. The van der Waals surface area contributed by atoms with Gasteiger partial charge in [0.2, 0.25) is 0 Å². The molecule has 392 valence electrons. The monoisotopic (exact) mass is 1000 g/mol. The Balaban J connectivity index is 0.000000235. The first-order valence-corrected chi connectivity index (χ1v) is 26.0. The molecule has 8 rings (SSSR count). The molecule has 7 nitrogen and oxygen atoms in total. The van der Waals surface area contributed by atoms with Crippen molar-refractivity contribution in [3.8, 4) is 11.5 Å². The van der Waals surface area contributed by atoms with E-state index < -0.39 is 0 Å². The Morgan fingerprint density at radius 1 is 0.438 bits per heavy atom. The van der Waals surface area contributed by atoms with E-state index in [1.54, 1.807) is 24.3 Å². The number of benzene rings is 6. The van der Waals surface area contributed by atoms with Gasteiger partial charge >= 0.3 is 0 Å². The van der Waals surface area contributed by atoms with E-state index in [0.29, 0.717) is 25.0 Å². The van der Waals surface area contributed by atoms with Crippen LogP contribution < -0.4 is 20.1 Å². The van der Waals surface area contributed by atoms with Crippen molar-refractivity contribution in [2.75, 3.05) is 63.1 Å². The van der Waals surface area contributed by atoms with Gasteiger partial charge in [-0.05, 0) is 207 Å². The Bertz CT molecular complexity index is 2320. The number of anilines is 2. The van der Waals surface area contributed by atoms with Crippen molar-refractivity contribution >= 4 is 11.4 Å². The van der Waals surface area contributed by atoms with Gasteiger partial charge in [-0.3, -0.25) is 0 Å². The zero-order valence-corrected chi connectivity index (χ0v) is 43.8. The number of nitrogens with one attached hydrogen (secondary N) is 2. The first-order chi connectivity index (χ1) is 34.6. The van der Waals surface area contributed by atoms with E-state index in [2.05, 4.69) is 111 Å². The molecule has 2 fully saturated rings. The van der Waals surface area contributed by atoms with E-state index in [1.807, 2.05) is 24.3 Å². The summed E-state index contributed by atoms with van der Waals surface area (Å²) >= 11 is 0. The van der Waals surface area contributed by atoms with Gasteiger partial charge in [-0.25, -0.2) is 17.6 Å². The van der Waals surface area contributed by atoms with Crippen LogP contribution in [-0.2, 0) is 10.8 Å². The summed E-state index contributed by atoms with van der Waals surface area (Å²) in [4.78, 5) is 5.00. The molecule has 11 heteroatoms. The van der Waals surface area contributed by atoms with Crippen molar-refractivity contribution in [1.82, 2.24) is 9.80 Å². The second-order valence-electron chi connectivity index (χ2n) is 21.7. The maximum Gasteiger partial charge on any atom is 0.123 e. The highest BCUT2D eigenvalue weighted by Crippen LogP contribution is 2.36. The Kier molecular flexibility index (Phi) is 20.8. The van der Waals surface area contributed by atoms with Crippen LogP contribution in [0.4, 0.5) is 28.9 Å². The van der Waals surface area contributed by atoms with Crippen molar-refractivity contribution in [3.05, 3.63) is 191 Å². The fraction of sp³-hybridized carbons (Fsp3) is 0.419. The van der Waals surface area contributed by atoms with Gasteiger partial charge in [0.05, 0.1) is 25.3 Å². The summed E-state index contributed by atoms with van der Waals surface area (Å²) in [5.74, 6) is 1.70. The third-order valence-electron chi connectivity index (χ3n) is 14.2. The van der Waals surface area contributed by atoms with E-state index in [4.69, 9.17) is 9.47 Å². The zero-order valence-electron chi connectivity index (χ0n) is 43.8. The quantitative estimate of drug-likeness (QED) is 0.0660. The van der Waals surface area contributed by atoms with E-state index in [1.165, 1.54) is 59.7 Å². The third-order valence-corrected chi connectivity index (χ3v) is 14.2. The molecule has 2 aliphatic rings. The van der Waals surface area contributed by atoms with Crippen LogP contribution in [0.15, 0.2) is 146 Å². The first kappa shape index (κ1) is 56.4. The predicted molar refractivity (Wildman–Crippen MR) is 291 cm³/mol. The van der Waals surface area contributed by atoms with Gasteiger partial charge in [-0.1, -0.05) is 90.1 Å². The Morgan fingerprint density at radius 3 is 1.01 bits per heavy atom. The van der Waals surface area contributed by atoms with Gasteiger partial charge in [0.15, 0.2) is 0 Å².